The quantitative estimate of drug-likeness (QED) is 0.695. The molecule has 5 nitrogen and oxygen atoms in total. The van der Waals surface area contributed by atoms with Crippen molar-refractivity contribution >= 4 is 23.1 Å². The van der Waals surface area contributed by atoms with Crippen molar-refractivity contribution in [2.75, 3.05) is 39.3 Å². The van der Waals surface area contributed by atoms with Crippen molar-refractivity contribution < 1.29 is 9.53 Å². The standard InChI is InChI=1S/C11H21N3O2S/c1-3-14(4-2)10(15)8-13-5-6-16-9(7-13)11(12)17/h9H,3-8H2,1-2H3,(H2,12,17). The third-order valence-corrected chi connectivity index (χ3v) is 3.21. The molecule has 1 aliphatic rings. The number of likely N-dealkylation sites (N-methyl/N-ethyl adjacent to an activating group) is 1. The molecule has 1 fully saturated rings. The van der Waals surface area contributed by atoms with E-state index in [0.717, 1.165) is 19.6 Å². The Morgan fingerprint density at radius 2 is 2.18 bits per heavy atom. The van der Waals surface area contributed by atoms with Gasteiger partial charge >= 0.3 is 0 Å². The van der Waals surface area contributed by atoms with E-state index >= 15 is 0 Å². The van der Waals surface area contributed by atoms with Crippen LogP contribution in [-0.2, 0) is 9.53 Å². The average Bonchev–Trinajstić information content (AvgIpc) is 2.30. The predicted octanol–water partition coefficient (Wildman–Crippen LogP) is -0.158. The first kappa shape index (κ1) is 14.3. The van der Waals surface area contributed by atoms with Crippen molar-refractivity contribution in [1.82, 2.24) is 9.80 Å². The average molecular weight is 259 g/mol. The number of amides is 1. The molecule has 0 spiro atoms. The maximum atomic E-state index is 11.9. The number of nitrogens with zero attached hydrogens (tertiary/aromatic N) is 2. The van der Waals surface area contributed by atoms with Gasteiger partial charge in [-0.1, -0.05) is 12.2 Å². The first-order chi connectivity index (χ1) is 8.08. The Balaban J connectivity index is 2.45. The van der Waals surface area contributed by atoms with Crippen LogP contribution >= 0.6 is 12.2 Å². The Hall–Kier alpha value is -0.720. The van der Waals surface area contributed by atoms with Crippen LogP contribution in [0.3, 0.4) is 0 Å². The van der Waals surface area contributed by atoms with Gasteiger partial charge in [-0.3, -0.25) is 9.69 Å². The summed E-state index contributed by atoms with van der Waals surface area (Å²) in [5.41, 5.74) is 5.56. The summed E-state index contributed by atoms with van der Waals surface area (Å²) in [7, 11) is 0. The molecule has 1 heterocycles. The second kappa shape index (κ2) is 6.88. The lowest BCUT2D eigenvalue weighted by Gasteiger charge is -2.33. The van der Waals surface area contributed by atoms with E-state index in [-0.39, 0.29) is 12.0 Å². The SMILES string of the molecule is CCN(CC)C(=O)CN1CCOC(C(N)=S)C1. The van der Waals surface area contributed by atoms with Crippen molar-refractivity contribution in [2.45, 2.75) is 20.0 Å². The number of thiocarbonyl (C=S) groups is 1. The normalized spacial score (nSPS) is 21.2. The highest BCUT2D eigenvalue weighted by Crippen LogP contribution is 2.06. The highest BCUT2D eigenvalue weighted by Gasteiger charge is 2.24. The molecule has 0 saturated carbocycles. The van der Waals surface area contributed by atoms with Crippen molar-refractivity contribution in [3.8, 4) is 0 Å². The van der Waals surface area contributed by atoms with Gasteiger partial charge in [-0.2, -0.15) is 0 Å². The van der Waals surface area contributed by atoms with Gasteiger partial charge in [0, 0.05) is 26.2 Å². The van der Waals surface area contributed by atoms with Crippen LogP contribution in [0.2, 0.25) is 0 Å². The molecule has 0 aromatic rings. The van der Waals surface area contributed by atoms with Crippen LogP contribution in [0.25, 0.3) is 0 Å². The van der Waals surface area contributed by atoms with Gasteiger partial charge in [0.2, 0.25) is 5.91 Å². The zero-order chi connectivity index (χ0) is 12.8. The van der Waals surface area contributed by atoms with Crippen LogP contribution in [0.1, 0.15) is 13.8 Å². The molecular weight excluding hydrogens is 238 g/mol. The van der Waals surface area contributed by atoms with E-state index in [1.165, 1.54) is 0 Å². The van der Waals surface area contributed by atoms with Crippen LogP contribution in [0.15, 0.2) is 0 Å². The molecule has 1 rings (SSSR count). The zero-order valence-corrected chi connectivity index (χ0v) is 11.3. The Morgan fingerprint density at radius 3 is 2.71 bits per heavy atom. The summed E-state index contributed by atoms with van der Waals surface area (Å²) >= 11 is 4.91. The van der Waals surface area contributed by atoms with Gasteiger partial charge < -0.3 is 15.4 Å². The molecule has 1 atom stereocenters. The fourth-order valence-electron chi connectivity index (χ4n) is 1.89. The summed E-state index contributed by atoms with van der Waals surface area (Å²) < 4.78 is 5.43. The van der Waals surface area contributed by atoms with E-state index in [2.05, 4.69) is 0 Å². The summed E-state index contributed by atoms with van der Waals surface area (Å²) in [5.74, 6) is 0.151. The molecule has 98 valence electrons. The topological polar surface area (TPSA) is 58.8 Å². The molecule has 0 aliphatic carbocycles. The van der Waals surface area contributed by atoms with Crippen molar-refractivity contribution in [3.63, 3.8) is 0 Å². The first-order valence-electron chi connectivity index (χ1n) is 5.99. The molecule has 0 aromatic carbocycles. The van der Waals surface area contributed by atoms with Crippen LogP contribution in [0.4, 0.5) is 0 Å². The van der Waals surface area contributed by atoms with Crippen molar-refractivity contribution in [3.05, 3.63) is 0 Å². The minimum absolute atomic E-state index is 0.151. The Labute approximate surface area is 108 Å². The van der Waals surface area contributed by atoms with Crippen LogP contribution in [0.5, 0.6) is 0 Å². The van der Waals surface area contributed by atoms with E-state index in [9.17, 15) is 4.79 Å². The molecule has 1 unspecified atom stereocenters. The van der Waals surface area contributed by atoms with Crippen LogP contribution in [0, 0.1) is 0 Å². The molecule has 17 heavy (non-hydrogen) atoms. The smallest absolute Gasteiger partial charge is 0.236 e. The van der Waals surface area contributed by atoms with E-state index in [1.807, 2.05) is 23.6 Å². The summed E-state index contributed by atoms with van der Waals surface area (Å²) in [4.78, 5) is 16.2. The number of hydrogen-bond acceptors (Lipinski definition) is 4. The zero-order valence-electron chi connectivity index (χ0n) is 10.5. The van der Waals surface area contributed by atoms with E-state index in [4.69, 9.17) is 22.7 Å². The van der Waals surface area contributed by atoms with Crippen LogP contribution < -0.4 is 5.73 Å². The van der Waals surface area contributed by atoms with Gasteiger partial charge in [0.1, 0.15) is 11.1 Å². The maximum Gasteiger partial charge on any atom is 0.236 e. The number of rotatable bonds is 5. The van der Waals surface area contributed by atoms with E-state index in [1.54, 1.807) is 0 Å². The maximum absolute atomic E-state index is 11.9. The predicted molar refractivity (Wildman–Crippen MR) is 70.9 cm³/mol. The number of ether oxygens (including phenoxy) is 1. The molecule has 0 aromatic heterocycles. The fourth-order valence-corrected chi connectivity index (χ4v) is 2.03. The lowest BCUT2D eigenvalue weighted by Crippen LogP contribution is -2.51. The van der Waals surface area contributed by atoms with Gasteiger partial charge in [0.05, 0.1) is 13.2 Å². The number of nitrogens with two attached hydrogens (primary N) is 1. The van der Waals surface area contributed by atoms with E-state index in [0.29, 0.717) is 24.7 Å². The molecule has 1 amide bonds. The summed E-state index contributed by atoms with van der Waals surface area (Å²) in [6.07, 6.45) is -0.219. The van der Waals surface area contributed by atoms with Gasteiger partial charge in [0.25, 0.3) is 0 Å². The third-order valence-electron chi connectivity index (χ3n) is 2.94. The highest BCUT2D eigenvalue weighted by atomic mass is 32.1. The number of carbonyl (C=O) groups excluding carboxylic acids is 1. The Bertz CT molecular complexity index is 282. The van der Waals surface area contributed by atoms with Crippen molar-refractivity contribution in [1.29, 1.82) is 0 Å². The van der Waals surface area contributed by atoms with Gasteiger partial charge in [-0.15, -0.1) is 0 Å². The fraction of sp³-hybridized carbons (Fsp3) is 0.818. The number of carbonyl (C=O) groups is 1. The number of hydrogen-bond donors (Lipinski definition) is 1. The van der Waals surface area contributed by atoms with Gasteiger partial charge in [-0.05, 0) is 13.8 Å². The van der Waals surface area contributed by atoms with Crippen molar-refractivity contribution in [2.24, 2.45) is 5.73 Å². The first-order valence-corrected chi connectivity index (χ1v) is 6.40. The molecule has 6 heteroatoms. The third kappa shape index (κ3) is 4.22. The lowest BCUT2D eigenvalue weighted by molar-refractivity contribution is -0.133. The minimum Gasteiger partial charge on any atom is -0.391 e. The molecule has 1 saturated heterocycles. The molecular formula is C11H21N3O2S. The Kier molecular flexibility index (Phi) is 5.80. The van der Waals surface area contributed by atoms with Crippen LogP contribution in [-0.4, -0.2) is 66.1 Å². The van der Waals surface area contributed by atoms with E-state index < -0.39 is 0 Å². The Morgan fingerprint density at radius 1 is 1.53 bits per heavy atom. The van der Waals surface area contributed by atoms with Gasteiger partial charge in [-0.25, -0.2) is 0 Å². The molecule has 0 bridgehead atoms. The van der Waals surface area contributed by atoms with Gasteiger partial charge in [0.15, 0.2) is 0 Å². The second-order valence-corrected chi connectivity index (χ2v) is 4.53. The second-order valence-electron chi connectivity index (χ2n) is 4.06. The molecule has 2 N–H and O–H groups in total. The largest absolute Gasteiger partial charge is 0.391 e. The summed E-state index contributed by atoms with van der Waals surface area (Å²) in [6, 6.07) is 0. The minimum atomic E-state index is -0.219. The summed E-state index contributed by atoms with van der Waals surface area (Å²) in [6.45, 7) is 7.83. The summed E-state index contributed by atoms with van der Waals surface area (Å²) in [5, 5.41) is 0. The number of morpholine rings is 1. The molecule has 0 radical (unpaired) electrons. The molecule has 1 aliphatic heterocycles. The highest BCUT2D eigenvalue weighted by molar-refractivity contribution is 7.80. The monoisotopic (exact) mass is 259 g/mol. The lowest BCUT2D eigenvalue weighted by atomic mass is 10.2.